The Kier molecular flexibility index (Phi) is 8.38. The summed E-state index contributed by atoms with van der Waals surface area (Å²) in [7, 11) is -4.12. The van der Waals surface area contributed by atoms with Crippen LogP contribution < -0.4 is 5.32 Å². The molecule has 224 valence electrons. The minimum atomic E-state index is -4.12. The number of nitrogens with zero attached hydrogens (tertiary/aromatic N) is 1. The fraction of sp³-hybridized carbons (Fsp3) is 0.379. The van der Waals surface area contributed by atoms with Crippen LogP contribution in [-0.4, -0.2) is 51.6 Å². The first kappa shape index (κ1) is 30.4. The average molecular weight is 625 g/mol. The maximum Gasteiger partial charge on any atom is 0.255 e. The lowest BCUT2D eigenvalue weighted by atomic mass is 9.71. The number of aliphatic hydroxyl groups is 3. The van der Waals surface area contributed by atoms with Gasteiger partial charge in [-0.15, -0.1) is 0 Å². The molecule has 2 aromatic carbocycles. The number of hydrogen-bond donors (Lipinski definition) is 4. The molecule has 4 unspecified atom stereocenters. The molecule has 4 N–H and O–H groups in total. The summed E-state index contributed by atoms with van der Waals surface area (Å²) in [4.78, 5) is 16.4. The number of halogens is 4. The second-order valence-electron chi connectivity index (χ2n) is 11.0. The normalized spacial score (nSPS) is 25.2. The van der Waals surface area contributed by atoms with Crippen LogP contribution in [0.3, 0.4) is 0 Å². The van der Waals surface area contributed by atoms with Crippen LogP contribution in [0, 0.1) is 29.3 Å². The summed E-state index contributed by atoms with van der Waals surface area (Å²) < 4.78 is 68.0. The molecule has 1 aromatic heterocycles. The van der Waals surface area contributed by atoms with Crippen LogP contribution in [0.15, 0.2) is 59.8 Å². The number of rotatable bonds is 8. The van der Waals surface area contributed by atoms with Gasteiger partial charge < -0.3 is 20.6 Å². The number of amides is 1. The lowest BCUT2D eigenvalue weighted by Crippen LogP contribution is -2.50. The van der Waals surface area contributed by atoms with Crippen molar-refractivity contribution in [1.29, 1.82) is 0 Å². The molecule has 0 saturated heterocycles. The molecule has 2 bridgehead atoms. The van der Waals surface area contributed by atoms with E-state index in [1.807, 2.05) is 0 Å². The van der Waals surface area contributed by atoms with Crippen molar-refractivity contribution in [2.45, 2.75) is 60.1 Å². The molecule has 3 aromatic rings. The van der Waals surface area contributed by atoms with Gasteiger partial charge in [0, 0.05) is 47.8 Å². The minimum absolute atomic E-state index is 0.0753. The largest absolute Gasteiger partial charge is 0.390 e. The zero-order chi connectivity index (χ0) is 30.4. The van der Waals surface area contributed by atoms with Crippen molar-refractivity contribution in [2.24, 2.45) is 11.8 Å². The Hall–Kier alpha value is -3.03. The molecule has 2 fully saturated rings. The molecule has 1 amide bonds. The van der Waals surface area contributed by atoms with E-state index in [-0.39, 0.29) is 40.4 Å². The Morgan fingerprint density at radius 3 is 2.31 bits per heavy atom. The quantitative estimate of drug-likeness (QED) is 0.269. The molecule has 2 aliphatic carbocycles. The minimum Gasteiger partial charge on any atom is -0.390 e. The third-order valence-electron chi connectivity index (χ3n) is 8.48. The maximum absolute atomic E-state index is 13.8. The van der Waals surface area contributed by atoms with Crippen LogP contribution in [0.1, 0.15) is 54.1 Å². The standard InChI is InChI=1S/C29H28ClF3N2O6S/c30-21-6-3-15(28(38)35-19-11-22(31)26(33)23(32)12-19)8-25(21)42(40,41)20-9-17-4-5-18(10-20)29(17,39)13-24(36)27(37)16-2-1-7-34-14-16/h1-3,6-8,11-12,14,17-18,20,24,27,36-37,39H,4-5,9-10,13H2,(H,35,38)/t17?,18?,20-,24?,27?,29-. The summed E-state index contributed by atoms with van der Waals surface area (Å²) in [6.45, 7) is 0. The Labute approximate surface area is 245 Å². The van der Waals surface area contributed by atoms with Crippen LogP contribution in [0.5, 0.6) is 0 Å². The van der Waals surface area contributed by atoms with E-state index in [1.165, 1.54) is 24.5 Å². The molecule has 13 heteroatoms. The number of anilines is 1. The van der Waals surface area contributed by atoms with E-state index in [4.69, 9.17) is 11.6 Å². The molecule has 42 heavy (non-hydrogen) atoms. The third kappa shape index (κ3) is 5.66. The molecular weight excluding hydrogens is 597 g/mol. The number of hydrogen-bond acceptors (Lipinski definition) is 7. The number of aliphatic hydroxyl groups excluding tert-OH is 2. The van der Waals surface area contributed by atoms with Crippen molar-refractivity contribution in [3.63, 3.8) is 0 Å². The van der Waals surface area contributed by atoms with Crippen molar-refractivity contribution < 1.29 is 41.7 Å². The van der Waals surface area contributed by atoms with E-state index in [2.05, 4.69) is 10.3 Å². The highest BCUT2D eigenvalue weighted by atomic mass is 35.5. The third-order valence-corrected chi connectivity index (χ3v) is 11.1. The Morgan fingerprint density at radius 1 is 1.07 bits per heavy atom. The monoisotopic (exact) mass is 624 g/mol. The number of nitrogens with one attached hydrogen (secondary N) is 1. The van der Waals surface area contributed by atoms with Gasteiger partial charge in [0.05, 0.1) is 26.9 Å². The smallest absolute Gasteiger partial charge is 0.255 e. The van der Waals surface area contributed by atoms with Gasteiger partial charge in [-0.25, -0.2) is 21.6 Å². The van der Waals surface area contributed by atoms with E-state index >= 15 is 0 Å². The van der Waals surface area contributed by atoms with Gasteiger partial charge in [0.25, 0.3) is 5.91 Å². The summed E-state index contributed by atoms with van der Waals surface area (Å²) >= 11 is 6.26. The molecule has 8 nitrogen and oxygen atoms in total. The molecule has 4 atom stereocenters. The first-order valence-electron chi connectivity index (χ1n) is 13.3. The predicted octanol–water partition coefficient (Wildman–Crippen LogP) is 4.58. The Bertz CT molecular complexity index is 1570. The molecule has 0 radical (unpaired) electrons. The number of pyridine rings is 1. The summed E-state index contributed by atoms with van der Waals surface area (Å²) in [5, 5.41) is 34.1. The van der Waals surface area contributed by atoms with Gasteiger partial charge >= 0.3 is 0 Å². The second-order valence-corrected chi connectivity index (χ2v) is 13.6. The SMILES string of the molecule is O=C(Nc1cc(F)c(F)c(F)c1)c1ccc(Cl)c(S(=O)(=O)[C@H]2CC3CCC(C2)[C@]3(O)CC(O)C(O)c2cccnc2)c1. The van der Waals surface area contributed by atoms with Crippen LogP contribution in [0.2, 0.25) is 5.02 Å². The first-order valence-corrected chi connectivity index (χ1v) is 15.2. The lowest BCUT2D eigenvalue weighted by molar-refractivity contribution is -0.109. The van der Waals surface area contributed by atoms with Crippen LogP contribution in [-0.2, 0) is 9.84 Å². The van der Waals surface area contributed by atoms with E-state index < -0.39 is 68.1 Å². The summed E-state index contributed by atoms with van der Waals surface area (Å²) in [6.07, 6.45) is 1.44. The van der Waals surface area contributed by atoms with E-state index in [0.29, 0.717) is 30.5 Å². The molecule has 0 spiro atoms. The van der Waals surface area contributed by atoms with Crippen molar-refractivity contribution in [2.75, 3.05) is 5.32 Å². The Morgan fingerprint density at radius 2 is 1.71 bits per heavy atom. The van der Waals surface area contributed by atoms with Crippen molar-refractivity contribution >= 4 is 33.0 Å². The average Bonchev–Trinajstić information content (AvgIpc) is 3.11. The van der Waals surface area contributed by atoms with Crippen LogP contribution >= 0.6 is 11.6 Å². The number of carbonyl (C=O) groups is 1. The number of benzene rings is 2. The van der Waals surface area contributed by atoms with Gasteiger partial charge in [0.15, 0.2) is 27.3 Å². The number of carbonyl (C=O) groups excluding carboxylic acids is 1. The molecular formula is C29H28ClF3N2O6S. The Balaban J connectivity index is 1.33. The van der Waals surface area contributed by atoms with Crippen molar-refractivity contribution in [3.8, 4) is 0 Å². The van der Waals surface area contributed by atoms with Gasteiger partial charge in [0.1, 0.15) is 6.10 Å². The first-order chi connectivity index (χ1) is 19.8. The number of sulfone groups is 1. The highest BCUT2D eigenvalue weighted by molar-refractivity contribution is 7.92. The second kappa shape index (κ2) is 11.6. The molecule has 2 aliphatic rings. The number of fused-ring (bicyclic) bond motifs is 2. The summed E-state index contributed by atoms with van der Waals surface area (Å²) in [5.41, 5.74) is -1.52. The fourth-order valence-corrected chi connectivity index (χ4v) is 8.69. The van der Waals surface area contributed by atoms with Gasteiger partial charge in [-0.3, -0.25) is 9.78 Å². The fourth-order valence-electron chi connectivity index (χ4n) is 6.29. The van der Waals surface area contributed by atoms with Gasteiger partial charge in [0.2, 0.25) is 0 Å². The molecule has 5 rings (SSSR count). The topological polar surface area (TPSA) is 137 Å². The van der Waals surface area contributed by atoms with E-state index in [0.717, 1.165) is 6.07 Å². The maximum atomic E-state index is 13.8. The van der Waals surface area contributed by atoms with Crippen LogP contribution in [0.4, 0.5) is 18.9 Å². The summed E-state index contributed by atoms with van der Waals surface area (Å²) in [5.74, 6) is -6.54. The zero-order valence-electron chi connectivity index (χ0n) is 22.1. The molecule has 2 saturated carbocycles. The number of aromatic nitrogens is 1. The van der Waals surface area contributed by atoms with Crippen molar-refractivity contribution in [1.82, 2.24) is 4.98 Å². The molecule has 0 aliphatic heterocycles. The zero-order valence-corrected chi connectivity index (χ0v) is 23.6. The van der Waals surface area contributed by atoms with Gasteiger partial charge in [-0.05, 0) is 61.8 Å². The molecule has 1 heterocycles. The lowest BCUT2D eigenvalue weighted by Gasteiger charge is -2.44. The van der Waals surface area contributed by atoms with E-state index in [1.54, 1.807) is 12.1 Å². The summed E-state index contributed by atoms with van der Waals surface area (Å²) in [6, 6.07) is 7.94. The predicted molar refractivity (Wildman–Crippen MR) is 147 cm³/mol. The highest BCUT2D eigenvalue weighted by Crippen LogP contribution is 2.54. The van der Waals surface area contributed by atoms with Gasteiger partial charge in [-0.1, -0.05) is 17.7 Å². The van der Waals surface area contributed by atoms with Crippen molar-refractivity contribution in [3.05, 3.63) is 88.5 Å². The van der Waals surface area contributed by atoms with E-state index in [9.17, 15) is 41.7 Å². The van der Waals surface area contributed by atoms with Crippen LogP contribution in [0.25, 0.3) is 0 Å². The highest BCUT2D eigenvalue weighted by Gasteiger charge is 2.56. The van der Waals surface area contributed by atoms with Gasteiger partial charge in [-0.2, -0.15) is 0 Å².